The van der Waals surface area contributed by atoms with Crippen molar-refractivity contribution in [3.63, 3.8) is 0 Å². The van der Waals surface area contributed by atoms with Crippen molar-refractivity contribution in [1.82, 2.24) is 5.32 Å². The molecule has 0 radical (unpaired) electrons. The van der Waals surface area contributed by atoms with E-state index < -0.39 is 20.0 Å². The third-order valence-corrected chi connectivity index (χ3v) is 7.48. The zero-order valence-corrected chi connectivity index (χ0v) is 18.2. The van der Waals surface area contributed by atoms with Gasteiger partial charge < -0.3 is 23.4 Å². The Balaban J connectivity index is 3.02. The summed E-state index contributed by atoms with van der Waals surface area (Å²) in [5.41, 5.74) is 5.97. The summed E-state index contributed by atoms with van der Waals surface area (Å²) in [6.45, 7) is 4.22. The van der Waals surface area contributed by atoms with Crippen LogP contribution >= 0.6 is 0 Å². The minimum absolute atomic E-state index is 0.321. The van der Waals surface area contributed by atoms with E-state index in [4.69, 9.17) is 18.1 Å². The largest absolute Gasteiger partial charge is 0.449 e. The van der Waals surface area contributed by atoms with Crippen molar-refractivity contribution in [2.45, 2.75) is 44.7 Å². The Morgan fingerprint density at radius 3 is 2.83 bits per heavy atom. The van der Waals surface area contributed by atoms with Crippen molar-refractivity contribution in [2.75, 3.05) is 13.1 Å². The van der Waals surface area contributed by atoms with E-state index in [2.05, 4.69) is 12.2 Å². The minimum atomic E-state index is -0.681. The van der Waals surface area contributed by atoms with Crippen LogP contribution in [0.2, 0.25) is 6.04 Å². The monoisotopic (exact) mass is 326 g/mol. The van der Waals surface area contributed by atoms with Crippen LogP contribution in [0.1, 0.15) is 32.6 Å². The molecule has 0 aromatic rings. The van der Waals surface area contributed by atoms with Gasteiger partial charge in [0.05, 0.1) is 0 Å². The molecule has 0 heterocycles. The Bertz CT molecular complexity index is 171. The minimum Gasteiger partial charge on any atom is -0.449 e. The summed E-state index contributed by atoms with van der Waals surface area (Å²) in [7, 11) is -0.859. The number of rotatable bonds is 14. The number of nitrogens with two attached hydrogens (primary N) is 1. The zero-order chi connectivity index (χ0) is 13.5. The maximum Gasteiger partial charge on any atom is 0.284 e. The van der Waals surface area contributed by atoms with E-state index in [1.807, 2.05) is 0 Å². The summed E-state index contributed by atoms with van der Waals surface area (Å²) in [5, 5.41) is 3.42. The first-order chi connectivity index (χ1) is 8.81. The molecule has 0 spiro atoms. The van der Waals surface area contributed by atoms with Gasteiger partial charge in [-0.2, -0.15) is 0 Å². The van der Waals surface area contributed by atoms with Crippen LogP contribution in [0.25, 0.3) is 0 Å². The highest BCUT2D eigenvalue weighted by Gasteiger charge is 2.00. The SMILES string of the molecule is CCCCC(N)CNCCC[SiH2]O[SiH2]O[SiH2]O[SiH3]. The van der Waals surface area contributed by atoms with Gasteiger partial charge in [-0.25, -0.2) is 0 Å². The molecule has 0 aromatic heterocycles. The lowest BCUT2D eigenvalue weighted by Crippen LogP contribution is -2.34. The average Bonchev–Trinajstić information content (AvgIpc) is 2.38. The van der Waals surface area contributed by atoms with Crippen LogP contribution in [0.3, 0.4) is 0 Å². The molecule has 0 amide bonds. The predicted molar refractivity (Wildman–Crippen MR) is 88.6 cm³/mol. The molecule has 0 bridgehead atoms. The second-order valence-electron chi connectivity index (χ2n) is 4.45. The molecule has 5 nitrogen and oxygen atoms in total. The van der Waals surface area contributed by atoms with Crippen LogP contribution in [-0.4, -0.2) is 59.4 Å². The smallest absolute Gasteiger partial charge is 0.284 e. The first-order valence-corrected chi connectivity index (χ1v) is 11.6. The molecule has 1 unspecified atom stereocenters. The molecule has 18 heavy (non-hydrogen) atoms. The highest BCUT2D eigenvalue weighted by atomic mass is 28.4. The lowest BCUT2D eigenvalue weighted by Gasteiger charge is -2.12. The van der Waals surface area contributed by atoms with Crippen molar-refractivity contribution >= 4 is 40.3 Å². The maximum atomic E-state index is 5.97. The predicted octanol–water partition coefficient (Wildman–Crippen LogP) is -2.69. The summed E-state index contributed by atoms with van der Waals surface area (Å²) in [6.07, 6.45) is 4.81. The molecule has 9 heteroatoms. The van der Waals surface area contributed by atoms with E-state index in [9.17, 15) is 0 Å². The van der Waals surface area contributed by atoms with Gasteiger partial charge in [-0.15, -0.1) is 0 Å². The van der Waals surface area contributed by atoms with E-state index in [0.29, 0.717) is 6.04 Å². The van der Waals surface area contributed by atoms with Gasteiger partial charge in [0, 0.05) is 12.6 Å². The molecule has 1 atom stereocenters. The third kappa shape index (κ3) is 14.7. The van der Waals surface area contributed by atoms with Crippen molar-refractivity contribution in [2.24, 2.45) is 5.73 Å². The third-order valence-electron chi connectivity index (χ3n) is 2.60. The Morgan fingerprint density at radius 2 is 2.11 bits per heavy atom. The highest BCUT2D eigenvalue weighted by Crippen LogP contribution is 1.97. The highest BCUT2D eigenvalue weighted by molar-refractivity contribution is 6.44. The molecule has 0 aliphatic rings. The first-order valence-electron chi connectivity index (χ1n) is 6.92. The molecule has 110 valence electrons. The summed E-state index contributed by atoms with van der Waals surface area (Å²) in [5.74, 6) is 0. The standard InChI is InChI=1S/C9H30N2O3Si4/c1-2-3-5-9(10)8-11-6-4-7-16-13-18-14-17-12-15/h9,11H,2-8,10,16-18H2,1,15H3. The molecule has 0 aromatic carbocycles. The fourth-order valence-electron chi connectivity index (χ4n) is 1.55. The molecule has 0 saturated heterocycles. The fraction of sp³-hybridized carbons (Fsp3) is 1.00. The molecule has 3 N–H and O–H groups in total. The van der Waals surface area contributed by atoms with Crippen LogP contribution in [-0.2, 0) is 12.3 Å². The van der Waals surface area contributed by atoms with Gasteiger partial charge in [-0.3, -0.25) is 0 Å². The Labute approximate surface area is 122 Å². The number of nitrogens with one attached hydrogen (secondary N) is 1. The van der Waals surface area contributed by atoms with Gasteiger partial charge >= 0.3 is 0 Å². The van der Waals surface area contributed by atoms with Gasteiger partial charge in [0.25, 0.3) is 20.0 Å². The lowest BCUT2D eigenvalue weighted by molar-refractivity contribution is 0.437. The van der Waals surface area contributed by atoms with Gasteiger partial charge in [0.2, 0.25) is 0 Å². The molecule has 0 aliphatic carbocycles. The van der Waals surface area contributed by atoms with Gasteiger partial charge in [-0.05, 0) is 25.4 Å². The van der Waals surface area contributed by atoms with Crippen LogP contribution in [0, 0.1) is 0 Å². The quantitative estimate of drug-likeness (QED) is 0.269. The van der Waals surface area contributed by atoms with Gasteiger partial charge in [0.15, 0.2) is 0 Å². The topological polar surface area (TPSA) is 65.7 Å². The number of unbranched alkanes of at least 4 members (excludes halogenated alkanes) is 1. The molecular formula is C9H30N2O3Si4. The lowest BCUT2D eigenvalue weighted by atomic mass is 10.1. The zero-order valence-electron chi connectivity index (χ0n) is 12.0. The summed E-state index contributed by atoms with van der Waals surface area (Å²) < 4.78 is 16.0. The molecule has 0 saturated carbocycles. The molecule has 0 rings (SSSR count). The van der Waals surface area contributed by atoms with Gasteiger partial charge in [0.1, 0.15) is 20.2 Å². The second kappa shape index (κ2) is 15.7. The van der Waals surface area contributed by atoms with E-state index in [1.54, 1.807) is 0 Å². The van der Waals surface area contributed by atoms with Crippen molar-refractivity contribution in [1.29, 1.82) is 0 Å². The molecule has 0 fully saturated rings. The second-order valence-corrected chi connectivity index (χ2v) is 11.6. The summed E-state index contributed by atoms with van der Waals surface area (Å²) in [6, 6.07) is 1.55. The van der Waals surface area contributed by atoms with Gasteiger partial charge in [-0.1, -0.05) is 19.8 Å². The van der Waals surface area contributed by atoms with E-state index >= 15 is 0 Å². The average molecular weight is 327 g/mol. The molecular weight excluding hydrogens is 296 g/mol. The first kappa shape index (κ1) is 18.7. The Morgan fingerprint density at radius 1 is 1.28 bits per heavy atom. The van der Waals surface area contributed by atoms with E-state index in [0.717, 1.165) is 30.0 Å². The molecule has 0 aliphatic heterocycles. The van der Waals surface area contributed by atoms with Crippen LogP contribution < -0.4 is 11.1 Å². The number of hydrogen-bond acceptors (Lipinski definition) is 5. The van der Waals surface area contributed by atoms with E-state index in [1.165, 1.54) is 25.3 Å². The Kier molecular flexibility index (Phi) is 16.3. The van der Waals surface area contributed by atoms with Crippen molar-refractivity contribution in [3.05, 3.63) is 0 Å². The maximum absolute atomic E-state index is 5.97. The van der Waals surface area contributed by atoms with Crippen molar-refractivity contribution in [3.8, 4) is 0 Å². The Hall–Kier alpha value is 0.668. The summed E-state index contributed by atoms with van der Waals surface area (Å²) in [4.78, 5) is 0. The van der Waals surface area contributed by atoms with Crippen LogP contribution in [0.15, 0.2) is 0 Å². The summed E-state index contributed by atoms with van der Waals surface area (Å²) >= 11 is 0. The fourth-order valence-corrected chi connectivity index (χ4v) is 7.26. The normalized spacial score (nSPS) is 15.0. The number of hydrogen-bond donors (Lipinski definition) is 2. The van der Waals surface area contributed by atoms with Crippen LogP contribution in [0.5, 0.6) is 0 Å². The van der Waals surface area contributed by atoms with E-state index in [-0.39, 0.29) is 9.76 Å². The van der Waals surface area contributed by atoms with Crippen molar-refractivity contribution < 1.29 is 12.3 Å². The van der Waals surface area contributed by atoms with Crippen LogP contribution in [0.4, 0.5) is 0 Å².